The molecule has 114 valence electrons. The number of nitrogens with zero attached hydrogens (tertiary/aromatic N) is 1. The second-order valence-corrected chi connectivity index (χ2v) is 8.69. The van der Waals surface area contributed by atoms with Gasteiger partial charge in [0.2, 0.25) is 10.0 Å². The summed E-state index contributed by atoms with van der Waals surface area (Å²) in [6.07, 6.45) is 5.90. The van der Waals surface area contributed by atoms with E-state index in [1.807, 2.05) is 7.05 Å². The Hall–Kier alpha value is -0.130. The normalized spacial score (nSPS) is 20.9. The van der Waals surface area contributed by atoms with Gasteiger partial charge in [-0.1, -0.05) is 13.8 Å². The molecule has 1 N–H and O–H groups in total. The summed E-state index contributed by atoms with van der Waals surface area (Å²) in [4.78, 5) is 0. The van der Waals surface area contributed by atoms with E-state index in [4.69, 9.17) is 0 Å². The Morgan fingerprint density at radius 3 is 2.32 bits per heavy atom. The summed E-state index contributed by atoms with van der Waals surface area (Å²) in [5.74, 6) is 0.283. The number of nitrogens with one attached hydrogen (secondary N) is 1. The van der Waals surface area contributed by atoms with Gasteiger partial charge in [-0.05, 0) is 57.5 Å². The lowest BCUT2D eigenvalue weighted by Gasteiger charge is -2.38. The Bertz CT molecular complexity index is 356. The van der Waals surface area contributed by atoms with E-state index in [0.717, 1.165) is 45.1 Å². The van der Waals surface area contributed by atoms with Gasteiger partial charge >= 0.3 is 0 Å². The third kappa shape index (κ3) is 5.40. The summed E-state index contributed by atoms with van der Waals surface area (Å²) < 4.78 is 26.2. The quantitative estimate of drug-likeness (QED) is 0.731. The average Bonchev–Trinajstić information content (AvgIpc) is 2.34. The van der Waals surface area contributed by atoms with Crippen molar-refractivity contribution in [1.82, 2.24) is 9.62 Å². The molecule has 0 amide bonds. The first kappa shape index (κ1) is 16.9. The molecule has 0 heterocycles. The zero-order valence-electron chi connectivity index (χ0n) is 12.9. The Morgan fingerprint density at radius 1 is 1.21 bits per heavy atom. The molecule has 1 fully saturated rings. The molecule has 0 saturated heterocycles. The molecule has 0 unspecified atom stereocenters. The highest BCUT2D eigenvalue weighted by atomic mass is 32.2. The van der Waals surface area contributed by atoms with Crippen LogP contribution in [-0.2, 0) is 10.0 Å². The highest BCUT2D eigenvalue weighted by Gasteiger charge is 2.32. The van der Waals surface area contributed by atoms with Crippen molar-refractivity contribution in [2.45, 2.75) is 58.4 Å². The predicted molar refractivity (Wildman–Crippen MR) is 80.7 cm³/mol. The summed E-state index contributed by atoms with van der Waals surface area (Å²) in [5, 5.41) is 3.05. The Balaban J connectivity index is 2.45. The first-order chi connectivity index (χ1) is 8.78. The van der Waals surface area contributed by atoms with Crippen LogP contribution in [0.4, 0.5) is 0 Å². The van der Waals surface area contributed by atoms with Crippen molar-refractivity contribution in [2.24, 2.45) is 5.41 Å². The van der Waals surface area contributed by atoms with Gasteiger partial charge in [-0.15, -0.1) is 0 Å². The minimum atomic E-state index is -3.07. The van der Waals surface area contributed by atoms with Crippen LogP contribution in [0.2, 0.25) is 0 Å². The zero-order chi connectivity index (χ0) is 14.5. The van der Waals surface area contributed by atoms with Crippen molar-refractivity contribution >= 4 is 10.0 Å². The molecule has 1 saturated carbocycles. The summed E-state index contributed by atoms with van der Waals surface area (Å²) in [6.45, 7) is 5.43. The topological polar surface area (TPSA) is 49.4 Å². The highest BCUT2D eigenvalue weighted by Crippen LogP contribution is 2.37. The molecule has 0 bridgehead atoms. The Kier molecular flexibility index (Phi) is 6.27. The number of hydrogen-bond acceptors (Lipinski definition) is 3. The summed E-state index contributed by atoms with van der Waals surface area (Å²) in [5.41, 5.74) is 0.383. The van der Waals surface area contributed by atoms with Crippen LogP contribution in [0.3, 0.4) is 0 Å². The van der Waals surface area contributed by atoms with E-state index in [-0.39, 0.29) is 11.8 Å². The minimum absolute atomic E-state index is 0.210. The van der Waals surface area contributed by atoms with Crippen LogP contribution < -0.4 is 5.32 Å². The van der Waals surface area contributed by atoms with Crippen molar-refractivity contribution in [1.29, 1.82) is 0 Å². The van der Waals surface area contributed by atoms with Gasteiger partial charge in [0.15, 0.2) is 0 Å². The largest absolute Gasteiger partial charge is 0.320 e. The van der Waals surface area contributed by atoms with E-state index >= 15 is 0 Å². The molecule has 0 aliphatic heterocycles. The van der Waals surface area contributed by atoms with Crippen LogP contribution in [0.15, 0.2) is 0 Å². The maximum Gasteiger partial charge on any atom is 0.214 e. The first-order valence-corrected chi connectivity index (χ1v) is 9.00. The molecule has 1 aliphatic rings. The zero-order valence-corrected chi connectivity index (χ0v) is 13.7. The van der Waals surface area contributed by atoms with Crippen LogP contribution >= 0.6 is 0 Å². The summed E-state index contributed by atoms with van der Waals surface area (Å²) in [6, 6.07) is 0.210. The molecule has 0 aromatic rings. The molecule has 1 aliphatic carbocycles. The monoisotopic (exact) mass is 290 g/mol. The maximum atomic E-state index is 12.3. The van der Waals surface area contributed by atoms with Crippen molar-refractivity contribution in [3.8, 4) is 0 Å². The average molecular weight is 290 g/mol. The molecule has 0 atom stereocenters. The van der Waals surface area contributed by atoms with E-state index in [9.17, 15) is 8.42 Å². The van der Waals surface area contributed by atoms with Crippen LogP contribution in [0.1, 0.15) is 52.4 Å². The highest BCUT2D eigenvalue weighted by molar-refractivity contribution is 7.89. The summed E-state index contributed by atoms with van der Waals surface area (Å²) in [7, 11) is 0.581. The molecule has 1 rings (SSSR count). The Morgan fingerprint density at radius 2 is 1.79 bits per heavy atom. The van der Waals surface area contributed by atoms with Crippen LogP contribution in [0, 0.1) is 5.41 Å². The van der Waals surface area contributed by atoms with Crippen molar-refractivity contribution in [3.05, 3.63) is 0 Å². The van der Waals surface area contributed by atoms with Crippen LogP contribution in [0.5, 0.6) is 0 Å². The predicted octanol–water partition coefficient (Wildman–Crippen LogP) is 2.22. The smallest absolute Gasteiger partial charge is 0.214 e. The van der Waals surface area contributed by atoms with Gasteiger partial charge in [0.1, 0.15) is 0 Å². The maximum absolute atomic E-state index is 12.3. The second kappa shape index (κ2) is 7.04. The molecular weight excluding hydrogens is 260 g/mol. The van der Waals surface area contributed by atoms with Gasteiger partial charge in [-0.25, -0.2) is 12.7 Å². The van der Waals surface area contributed by atoms with Gasteiger partial charge in [0.25, 0.3) is 0 Å². The molecule has 0 radical (unpaired) electrons. The lowest BCUT2D eigenvalue weighted by atomic mass is 9.76. The third-order valence-electron chi connectivity index (χ3n) is 4.34. The molecule has 0 aromatic carbocycles. The van der Waals surface area contributed by atoms with Crippen molar-refractivity contribution in [2.75, 3.05) is 26.4 Å². The van der Waals surface area contributed by atoms with E-state index in [1.165, 1.54) is 0 Å². The van der Waals surface area contributed by atoms with Crippen molar-refractivity contribution in [3.63, 3.8) is 0 Å². The number of unbranched alkanes of at least 4 members (excludes halogenated alkanes) is 1. The van der Waals surface area contributed by atoms with Crippen LogP contribution in [-0.4, -0.2) is 45.2 Å². The van der Waals surface area contributed by atoms with E-state index in [0.29, 0.717) is 5.41 Å². The van der Waals surface area contributed by atoms with E-state index in [2.05, 4.69) is 19.2 Å². The molecule has 0 spiro atoms. The SMILES string of the molecule is CNCCCCS(=O)(=O)N(C)C1CCC(C)(C)CC1. The fourth-order valence-corrected chi connectivity index (χ4v) is 4.23. The molecule has 19 heavy (non-hydrogen) atoms. The first-order valence-electron chi connectivity index (χ1n) is 7.39. The van der Waals surface area contributed by atoms with Crippen molar-refractivity contribution < 1.29 is 8.42 Å². The van der Waals surface area contributed by atoms with Gasteiger partial charge in [0.05, 0.1) is 5.75 Å². The lowest BCUT2D eigenvalue weighted by Crippen LogP contribution is -2.41. The lowest BCUT2D eigenvalue weighted by molar-refractivity contribution is 0.174. The molecular formula is C14H30N2O2S. The van der Waals surface area contributed by atoms with Gasteiger partial charge in [-0.2, -0.15) is 0 Å². The van der Waals surface area contributed by atoms with Gasteiger partial charge in [-0.3, -0.25) is 0 Å². The fraction of sp³-hybridized carbons (Fsp3) is 1.00. The van der Waals surface area contributed by atoms with E-state index in [1.54, 1.807) is 11.4 Å². The fourth-order valence-electron chi connectivity index (χ4n) is 2.71. The van der Waals surface area contributed by atoms with E-state index < -0.39 is 10.0 Å². The Labute approximate surface area is 119 Å². The third-order valence-corrected chi connectivity index (χ3v) is 6.32. The summed E-state index contributed by atoms with van der Waals surface area (Å²) >= 11 is 0. The number of sulfonamides is 1. The second-order valence-electron chi connectivity index (χ2n) is 6.54. The molecule has 4 nitrogen and oxygen atoms in total. The molecule has 5 heteroatoms. The standard InChI is InChI=1S/C14H30N2O2S/c1-14(2)9-7-13(8-10-14)16(4)19(17,18)12-6-5-11-15-3/h13,15H,5-12H2,1-4H3. The van der Waals surface area contributed by atoms with Gasteiger partial charge < -0.3 is 5.32 Å². The number of rotatable bonds is 7. The van der Waals surface area contributed by atoms with Crippen LogP contribution in [0.25, 0.3) is 0 Å². The minimum Gasteiger partial charge on any atom is -0.320 e. The number of hydrogen-bond donors (Lipinski definition) is 1. The van der Waals surface area contributed by atoms with Gasteiger partial charge in [0, 0.05) is 13.1 Å². The molecule has 0 aromatic heterocycles.